The standard InChI is InChI=1S/C10H20N2O2/c1-3-11-10(13)8-12-6-4-9(14-2)5-7-12/h9H,3-8H2,1-2H3,(H,11,13). The van der Waals surface area contributed by atoms with Crippen LogP contribution in [0.3, 0.4) is 0 Å². The van der Waals surface area contributed by atoms with E-state index in [1.54, 1.807) is 7.11 Å². The van der Waals surface area contributed by atoms with Crippen LogP contribution in [0.1, 0.15) is 19.8 Å². The van der Waals surface area contributed by atoms with Crippen LogP contribution in [0.2, 0.25) is 0 Å². The van der Waals surface area contributed by atoms with E-state index in [1.165, 1.54) is 0 Å². The molecule has 4 nitrogen and oxygen atoms in total. The van der Waals surface area contributed by atoms with Crippen LogP contribution < -0.4 is 5.32 Å². The Morgan fingerprint density at radius 3 is 2.64 bits per heavy atom. The molecule has 1 aliphatic rings. The SMILES string of the molecule is CCNC(=O)CN1CCC(OC)CC1. The van der Waals surface area contributed by atoms with Crippen molar-refractivity contribution < 1.29 is 9.53 Å². The molecule has 1 saturated heterocycles. The summed E-state index contributed by atoms with van der Waals surface area (Å²) in [4.78, 5) is 13.5. The molecule has 0 aromatic carbocycles. The van der Waals surface area contributed by atoms with E-state index in [9.17, 15) is 4.79 Å². The van der Waals surface area contributed by atoms with Gasteiger partial charge in [0, 0.05) is 26.7 Å². The Labute approximate surface area is 85.6 Å². The number of rotatable bonds is 4. The van der Waals surface area contributed by atoms with Crippen LogP contribution in [0, 0.1) is 0 Å². The lowest BCUT2D eigenvalue weighted by Gasteiger charge is -2.30. The predicted octanol–water partition coefficient (Wildman–Crippen LogP) is 0.233. The number of piperidine rings is 1. The Bertz CT molecular complexity index is 177. The molecule has 1 amide bonds. The number of ether oxygens (including phenoxy) is 1. The summed E-state index contributed by atoms with van der Waals surface area (Å²) in [6.45, 7) is 5.12. The lowest BCUT2D eigenvalue weighted by Crippen LogP contribution is -2.42. The van der Waals surface area contributed by atoms with Gasteiger partial charge in [-0.05, 0) is 19.8 Å². The summed E-state index contributed by atoms with van der Waals surface area (Å²) < 4.78 is 5.26. The quantitative estimate of drug-likeness (QED) is 0.706. The number of amides is 1. The van der Waals surface area contributed by atoms with Gasteiger partial charge >= 0.3 is 0 Å². The first-order valence-corrected chi connectivity index (χ1v) is 5.28. The molecular weight excluding hydrogens is 180 g/mol. The highest BCUT2D eigenvalue weighted by molar-refractivity contribution is 5.77. The zero-order valence-corrected chi connectivity index (χ0v) is 9.08. The Balaban J connectivity index is 2.18. The maximum absolute atomic E-state index is 11.3. The lowest BCUT2D eigenvalue weighted by molar-refractivity contribution is -0.122. The average molecular weight is 200 g/mol. The summed E-state index contributed by atoms with van der Waals surface area (Å²) in [7, 11) is 1.75. The third-order valence-electron chi connectivity index (χ3n) is 2.61. The maximum Gasteiger partial charge on any atom is 0.234 e. The highest BCUT2D eigenvalue weighted by Gasteiger charge is 2.19. The van der Waals surface area contributed by atoms with E-state index in [0.717, 1.165) is 25.9 Å². The number of carbonyl (C=O) groups is 1. The van der Waals surface area contributed by atoms with Gasteiger partial charge in [-0.25, -0.2) is 0 Å². The third-order valence-corrected chi connectivity index (χ3v) is 2.61. The monoisotopic (exact) mass is 200 g/mol. The smallest absolute Gasteiger partial charge is 0.234 e. The molecule has 1 N–H and O–H groups in total. The topological polar surface area (TPSA) is 41.6 Å². The van der Waals surface area contributed by atoms with Crippen molar-refractivity contribution in [3.63, 3.8) is 0 Å². The van der Waals surface area contributed by atoms with Crippen LogP contribution in [-0.2, 0) is 9.53 Å². The number of methoxy groups -OCH3 is 1. The summed E-state index contributed by atoms with van der Waals surface area (Å²) in [5, 5.41) is 2.81. The second-order valence-electron chi connectivity index (χ2n) is 3.66. The molecule has 0 aromatic rings. The van der Waals surface area contributed by atoms with Crippen molar-refractivity contribution in [1.82, 2.24) is 10.2 Å². The fourth-order valence-electron chi connectivity index (χ4n) is 1.76. The first-order valence-electron chi connectivity index (χ1n) is 5.28. The van der Waals surface area contributed by atoms with Gasteiger partial charge in [-0.15, -0.1) is 0 Å². The molecular formula is C10H20N2O2. The highest BCUT2D eigenvalue weighted by atomic mass is 16.5. The average Bonchev–Trinajstić information content (AvgIpc) is 2.19. The number of hydrogen-bond acceptors (Lipinski definition) is 3. The summed E-state index contributed by atoms with van der Waals surface area (Å²) >= 11 is 0. The van der Waals surface area contributed by atoms with Crippen LogP contribution in [0.5, 0.6) is 0 Å². The van der Waals surface area contributed by atoms with Crippen molar-refractivity contribution in [3.8, 4) is 0 Å². The molecule has 0 radical (unpaired) electrons. The Morgan fingerprint density at radius 2 is 2.14 bits per heavy atom. The van der Waals surface area contributed by atoms with Crippen molar-refractivity contribution in [2.45, 2.75) is 25.9 Å². The molecule has 1 aliphatic heterocycles. The second-order valence-corrected chi connectivity index (χ2v) is 3.66. The van der Waals surface area contributed by atoms with Gasteiger partial charge in [-0.2, -0.15) is 0 Å². The predicted molar refractivity (Wildman–Crippen MR) is 55.2 cm³/mol. The van der Waals surface area contributed by atoms with Crippen molar-refractivity contribution in [2.24, 2.45) is 0 Å². The van der Waals surface area contributed by atoms with Gasteiger partial charge in [0.2, 0.25) is 5.91 Å². The van der Waals surface area contributed by atoms with Crippen molar-refractivity contribution in [1.29, 1.82) is 0 Å². The normalized spacial score (nSPS) is 19.6. The summed E-state index contributed by atoms with van der Waals surface area (Å²) in [6.07, 6.45) is 2.46. The summed E-state index contributed by atoms with van der Waals surface area (Å²) in [5.74, 6) is 0.128. The zero-order chi connectivity index (χ0) is 10.4. The zero-order valence-electron chi connectivity index (χ0n) is 9.08. The maximum atomic E-state index is 11.3. The molecule has 4 heteroatoms. The van der Waals surface area contributed by atoms with Crippen LogP contribution in [0.15, 0.2) is 0 Å². The van der Waals surface area contributed by atoms with Gasteiger partial charge in [0.15, 0.2) is 0 Å². The van der Waals surface area contributed by atoms with Crippen LogP contribution in [-0.4, -0.2) is 50.2 Å². The largest absolute Gasteiger partial charge is 0.381 e. The molecule has 82 valence electrons. The minimum atomic E-state index is 0.128. The van der Waals surface area contributed by atoms with Gasteiger partial charge in [0.25, 0.3) is 0 Å². The van der Waals surface area contributed by atoms with E-state index >= 15 is 0 Å². The molecule has 0 aliphatic carbocycles. The number of nitrogens with one attached hydrogen (secondary N) is 1. The van der Waals surface area contributed by atoms with Crippen molar-refractivity contribution in [2.75, 3.05) is 33.3 Å². The van der Waals surface area contributed by atoms with E-state index in [-0.39, 0.29) is 5.91 Å². The Kier molecular flexibility index (Phi) is 4.90. The van der Waals surface area contributed by atoms with E-state index in [0.29, 0.717) is 19.2 Å². The first kappa shape index (κ1) is 11.5. The molecule has 0 unspecified atom stereocenters. The summed E-state index contributed by atoms with van der Waals surface area (Å²) in [6, 6.07) is 0. The van der Waals surface area contributed by atoms with Crippen molar-refractivity contribution >= 4 is 5.91 Å². The van der Waals surface area contributed by atoms with Gasteiger partial charge < -0.3 is 10.1 Å². The molecule has 0 aromatic heterocycles. The van der Waals surface area contributed by atoms with Gasteiger partial charge in [0.1, 0.15) is 0 Å². The molecule has 0 spiro atoms. The number of likely N-dealkylation sites (N-methyl/N-ethyl adjacent to an activating group) is 1. The molecule has 14 heavy (non-hydrogen) atoms. The fraction of sp³-hybridized carbons (Fsp3) is 0.900. The van der Waals surface area contributed by atoms with Gasteiger partial charge in [-0.1, -0.05) is 0 Å². The number of nitrogens with zero attached hydrogens (tertiary/aromatic N) is 1. The first-order chi connectivity index (χ1) is 6.76. The summed E-state index contributed by atoms with van der Waals surface area (Å²) in [5.41, 5.74) is 0. The van der Waals surface area contributed by atoms with Crippen LogP contribution >= 0.6 is 0 Å². The lowest BCUT2D eigenvalue weighted by atomic mass is 10.1. The van der Waals surface area contributed by atoms with Gasteiger partial charge in [0.05, 0.1) is 12.6 Å². The molecule has 1 rings (SSSR count). The fourth-order valence-corrected chi connectivity index (χ4v) is 1.76. The molecule has 1 fully saturated rings. The molecule has 0 bridgehead atoms. The number of carbonyl (C=O) groups excluding carboxylic acids is 1. The number of likely N-dealkylation sites (tertiary alicyclic amines) is 1. The van der Waals surface area contributed by atoms with E-state index in [2.05, 4.69) is 10.2 Å². The van der Waals surface area contributed by atoms with Crippen LogP contribution in [0.25, 0.3) is 0 Å². The minimum Gasteiger partial charge on any atom is -0.381 e. The molecule has 0 saturated carbocycles. The molecule has 0 atom stereocenters. The highest BCUT2D eigenvalue weighted by Crippen LogP contribution is 2.11. The third kappa shape index (κ3) is 3.64. The van der Waals surface area contributed by atoms with Crippen molar-refractivity contribution in [3.05, 3.63) is 0 Å². The van der Waals surface area contributed by atoms with Gasteiger partial charge in [-0.3, -0.25) is 9.69 Å². The van der Waals surface area contributed by atoms with E-state index < -0.39 is 0 Å². The Hall–Kier alpha value is -0.610. The number of hydrogen-bond donors (Lipinski definition) is 1. The Morgan fingerprint density at radius 1 is 1.50 bits per heavy atom. The van der Waals surface area contributed by atoms with Crippen LogP contribution in [0.4, 0.5) is 0 Å². The van der Waals surface area contributed by atoms with E-state index in [4.69, 9.17) is 4.74 Å². The minimum absolute atomic E-state index is 0.128. The second kappa shape index (κ2) is 5.98. The molecule has 1 heterocycles. The van der Waals surface area contributed by atoms with E-state index in [1.807, 2.05) is 6.92 Å².